The van der Waals surface area contributed by atoms with Crippen molar-refractivity contribution in [2.45, 2.75) is 43.2 Å². The third kappa shape index (κ3) is 1.68. The molecule has 3 heterocycles. The number of hydrogen-bond donors (Lipinski definition) is 1. The molecule has 0 radical (unpaired) electrons. The van der Waals surface area contributed by atoms with Gasteiger partial charge in [0.05, 0.1) is 11.5 Å². The zero-order chi connectivity index (χ0) is 12.6. The Bertz CT molecular complexity index is 538. The van der Waals surface area contributed by atoms with Gasteiger partial charge < -0.3 is 5.32 Å². The largest absolute Gasteiger partial charge is 0.311 e. The Morgan fingerprint density at radius 1 is 1.33 bits per heavy atom. The molecule has 90 valence electrons. The first-order valence-electron chi connectivity index (χ1n) is 6.35. The molecule has 1 aromatic rings. The Kier molecular flexibility index (Phi) is 2.58. The number of piperidine rings is 1. The van der Waals surface area contributed by atoms with Gasteiger partial charge in [0.25, 0.3) is 0 Å². The molecule has 1 N–H and O–H groups in total. The van der Waals surface area contributed by atoms with E-state index in [1.54, 1.807) is 12.4 Å². The maximum absolute atomic E-state index is 9.66. The molecule has 0 amide bonds. The van der Waals surface area contributed by atoms with Crippen LogP contribution in [0.4, 0.5) is 0 Å². The molecule has 3 nitrogen and oxygen atoms in total. The van der Waals surface area contributed by atoms with Crippen molar-refractivity contribution in [2.24, 2.45) is 0 Å². The fourth-order valence-corrected chi connectivity index (χ4v) is 3.32. The topological polar surface area (TPSA) is 48.7 Å². The number of nitriles is 1. The first-order valence-corrected chi connectivity index (χ1v) is 6.35. The molecule has 1 aromatic heterocycles. The van der Waals surface area contributed by atoms with Gasteiger partial charge in [-0.05, 0) is 37.3 Å². The highest BCUT2D eigenvalue weighted by Crippen LogP contribution is 2.42. The standard InChI is InChI=1S/C15H15N3/c1-2-11-5-12(9-17-8-11)15(10-16)6-13-3-4-14(7-15)18-13/h1,5,8-9,13-14,18H,3-4,6-7H2/t13-,14+,15-. The summed E-state index contributed by atoms with van der Waals surface area (Å²) in [6.45, 7) is 0. The average Bonchev–Trinajstić information content (AvgIpc) is 2.78. The SMILES string of the molecule is C#Cc1cncc([C@]2(C#N)C[C@H]3CC[C@@H](C2)N3)c1. The molecule has 0 aromatic carbocycles. The van der Waals surface area contributed by atoms with Crippen molar-refractivity contribution in [1.82, 2.24) is 10.3 Å². The van der Waals surface area contributed by atoms with Crippen molar-refractivity contribution in [2.75, 3.05) is 0 Å². The lowest BCUT2D eigenvalue weighted by atomic mass is 9.72. The zero-order valence-corrected chi connectivity index (χ0v) is 10.2. The molecule has 0 saturated carbocycles. The van der Waals surface area contributed by atoms with Crippen molar-refractivity contribution >= 4 is 0 Å². The quantitative estimate of drug-likeness (QED) is 0.757. The summed E-state index contributed by atoms with van der Waals surface area (Å²) in [7, 11) is 0. The van der Waals surface area contributed by atoms with Gasteiger partial charge >= 0.3 is 0 Å². The van der Waals surface area contributed by atoms with Crippen molar-refractivity contribution in [3.63, 3.8) is 0 Å². The van der Waals surface area contributed by atoms with Crippen LogP contribution >= 0.6 is 0 Å². The Morgan fingerprint density at radius 3 is 2.67 bits per heavy atom. The van der Waals surface area contributed by atoms with Crippen LogP contribution in [0.25, 0.3) is 0 Å². The smallest absolute Gasteiger partial charge is 0.0867 e. The summed E-state index contributed by atoms with van der Waals surface area (Å²) in [6.07, 6.45) is 13.0. The van der Waals surface area contributed by atoms with E-state index in [0.29, 0.717) is 12.1 Å². The maximum Gasteiger partial charge on any atom is 0.0867 e. The van der Waals surface area contributed by atoms with Gasteiger partial charge in [-0.3, -0.25) is 4.98 Å². The van der Waals surface area contributed by atoms with Gasteiger partial charge in [-0.25, -0.2) is 0 Å². The summed E-state index contributed by atoms with van der Waals surface area (Å²) >= 11 is 0. The summed E-state index contributed by atoms with van der Waals surface area (Å²) in [4.78, 5) is 4.18. The fourth-order valence-electron chi connectivity index (χ4n) is 3.32. The van der Waals surface area contributed by atoms with Crippen LogP contribution < -0.4 is 5.32 Å². The third-order valence-corrected chi connectivity index (χ3v) is 4.20. The number of aromatic nitrogens is 1. The molecule has 2 aliphatic rings. The van der Waals surface area contributed by atoms with Crippen LogP contribution in [0, 0.1) is 23.7 Å². The Hall–Kier alpha value is -1.84. The van der Waals surface area contributed by atoms with Gasteiger partial charge in [0, 0.05) is 30.0 Å². The second kappa shape index (κ2) is 4.12. The normalized spacial score (nSPS) is 33.7. The van der Waals surface area contributed by atoms with Crippen molar-refractivity contribution in [1.29, 1.82) is 5.26 Å². The number of nitrogens with zero attached hydrogens (tertiary/aromatic N) is 2. The lowest BCUT2D eigenvalue weighted by Crippen LogP contribution is -2.46. The van der Waals surface area contributed by atoms with Crippen molar-refractivity contribution in [3.05, 3.63) is 29.6 Å². The second-order valence-corrected chi connectivity index (χ2v) is 5.35. The Labute approximate surface area is 107 Å². The lowest BCUT2D eigenvalue weighted by molar-refractivity contribution is 0.304. The van der Waals surface area contributed by atoms with E-state index >= 15 is 0 Å². The molecule has 0 spiro atoms. The number of terminal acetylenes is 1. The molecule has 2 aliphatic heterocycles. The Morgan fingerprint density at radius 2 is 2.06 bits per heavy atom. The maximum atomic E-state index is 9.66. The van der Waals surface area contributed by atoms with Crippen molar-refractivity contribution < 1.29 is 0 Å². The predicted octanol–water partition coefficient (Wildman–Crippen LogP) is 1.74. The van der Waals surface area contributed by atoms with E-state index < -0.39 is 5.41 Å². The minimum Gasteiger partial charge on any atom is -0.311 e. The van der Waals surface area contributed by atoms with E-state index in [2.05, 4.69) is 22.3 Å². The van der Waals surface area contributed by atoms with E-state index in [0.717, 1.165) is 24.0 Å². The summed E-state index contributed by atoms with van der Waals surface area (Å²) in [5, 5.41) is 13.2. The highest BCUT2D eigenvalue weighted by Gasteiger charge is 2.45. The summed E-state index contributed by atoms with van der Waals surface area (Å²) in [5.41, 5.74) is 1.34. The highest BCUT2D eigenvalue weighted by atomic mass is 15.0. The summed E-state index contributed by atoms with van der Waals surface area (Å²) in [5.74, 6) is 2.60. The second-order valence-electron chi connectivity index (χ2n) is 5.35. The molecule has 18 heavy (non-hydrogen) atoms. The van der Waals surface area contributed by atoms with E-state index in [9.17, 15) is 5.26 Å². The molecular formula is C15H15N3. The van der Waals surface area contributed by atoms with E-state index in [-0.39, 0.29) is 0 Å². The average molecular weight is 237 g/mol. The summed E-state index contributed by atoms with van der Waals surface area (Å²) < 4.78 is 0. The van der Waals surface area contributed by atoms with Crippen LogP contribution in [0.1, 0.15) is 36.8 Å². The predicted molar refractivity (Wildman–Crippen MR) is 68.6 cm³/mol. The molecule has 3 heteroatoms. The molecule has 2 saturated heterocycles. The number of nitrogens with one attached hydrogen (secondary N) is 1. The molecule has 0 unspecified atom stereocenters. The van der Waals surface area contributed by atoms with Crippen LogP contribution in [0.3, 0.4) is 0 Å². The molecule has 2 fully saturated rings. The number of hydrogen-bond acceptors (Lipinski definition) is 3. The van der Waals surface area contributed by atoms with Crippen LogP contribution in [0.2, 0.25) is 0 Å². The number of pyridine rings is 1. The number of rotatable bonds is 1. The first-order chi connectivity index (χ1) is 8.75. The third-order valence-electron chi connectivity index (χ3n) is 4.20. The van der Waals surface area contributed by atoms with Crippen molar-refractivity contribution in [3.8, 4) is 18.4 Å². The van der Waals surface area contributed by atoms with Crippen LogP contribution in [0.5, 0.6) is 0 Å². The van der Waals surface area contributed by atoms with Gasteiger partial charge in [-0.1, -0.05) is 5.92 Å². The molecule has 3 rings (SSSR count). The van der Waals surface area contributed by atoms with Gasteiger partial charge in [0.15, 0.2) is 0 Å². The highest BCUT2D eigenvalue weighted by molar-refractivity contribution is 5.40. The minimum absolute atomic E-state index is 0.406. The molecule has 2 bridgehead atoms. The van der Waals surface area contributed by atoms with Crippen LogP contribution in [-0.4, -0.2) is 17.1 Å². The van der Waals surface area contributed by atoms with Gasteiger partial charge in [-0.2, -0.15) is 5.26 Å². The first kappa shape index (κ1) is 11.3. The zero-order valence-electron chi connectivity index (χ0n) is 10.2. The van der Waals surface area contributed by atoms with Gasteiger partial charge in [0.2, 0.25) is 0 Å². The van der Waals surface area contributed by atoms with E-state index in [1.807, 2.05) is 6.07 Å². The van der Waals surface area contributed by atoms with Gasteiger partial charge in [-0.15, -0.1) is 6.42 Å². The van der Waals surface area contributed by atoms with Gasteiger partial charge in [0.1, 0.15) is 0 Å². The number of fused-ring (bicyclic) bond motifs is 2. The van der Waals surface area contributed by atoms with E-state index in [1.165, 1.54) is 12.8 Å². The van der Waals surface area contributed by atoms with Crippen LogP contribution in [-0.2, 0) is 5.41 Å². The fraction of sp³-hybridized carbons (Fsp3) is 0.467. The molecule has 0 aliphatic carbocycles. The minimum atomic E-state index is -0.406. The monoisotopic (exact) mass is 237 g/mol. The Balaban J connectivity index is 2.02. The summed E-state index contributed by atoms with van der Waals surface area (Å²) in [6, 6.07) is 5.42. The molecule has 3 atom stereocenters. The van der Waals surface area contributed by atoms with Crippen LogP contribution in [0.15, 0.2) is 18.5 Å². The lowest BCUT2D eigenvalue weighted by Gasteiger charge is -2.36. The van der Waals surface area contributed by atoms with E-state index in [4.69, 9.17) is 6.42 Å². The molecular weight excluding hydrogens is 222 g/mol.